The summed E-state index contributed by atoms with van der Waals surface area (Å²) < 4.78 is 11.6. The van der Waals surface area contributed by atoms with Crippen molar-refractivity contribution < 1.29 is 14.0 Å². The van der Waals surface area contributed by atoms with Gasteiger partial charge in [-0.2, -0.15) is 0 Å². The van der Waals surface area contributed by atoms with Crippen molar-refractivity contribution in [3.8, 4) is 0 Å². The molecule has 0 spiro atoms. The Morgan fingerprint density at radius 3 is 2.57 bits per heavy atom. The molecule has 0 aliphatic rings. The van der Waals surface area contributed by atoms with Crippen molar-refractivity contribution in [2.24, 2.45) is 0 Å². The highest BCUT2D eigenvalue weighted by Gasteiger charge is 2.04. The summed E-state index contributed by atoms with van der Waals surface area (Å²) in [6.07, 6.45) is 2.12. The first-order valence-electron chi connectivity index (χ1n) is 4.79. The number of unbranched alkanes of at least 4 members (excludes halogenated alkanes) is 1. The third-order valence-electron chi connectivity index (χ3n) is 1.56. The Labute approximate surface area is 83.2 Å². The zero-order valence-corrected chi connectivity index (χ0v) is 8.38. The van der Waals surface area contributed by atoms with E-state index in [9.17, 15) is 14.0 Å². The average Bonchev–Trinajstić information content (AvgIpc) is 2.16. The third kappa shape index (κ3) is 7.52. The average molecular weight is 203 g/mol. The van der Waals surface area contributed by atoms with Crippen LogP contribution in [0.25, 0.3) is 0 Å². The topological polar surface area (TPSA) is 60.3 Å². The largest absolute Gasteiger partial charge is 0.273 e. The summed E-state index contributed by atoms with van der Waals surface area (Å²) in [6.45, 7) is 1.44. The molecule has 0 atom stereocenters. The van der Waals surface area contributed by atoms with Crippen LogP contribution in [-0.2, 0) is 9.59 Å². The van der Waals surface area contributed by atoms with E-state index in [0.29, 0.717) is 25.7 Å². The highest BCUT2D eigenvalue weighted by atomic mass is 19.1. The van der Waals surface area contributed by atoms with Crippen LogP contribution in [0.1, 0.15) is 39.0 Å². The second-order valence-corrected chi connectivity index (χ2v) is 2.94. The summed E-state index contributed by atoms with van der Waals surface area (Å²) in [4.78, 5) is 21.8. The van der Waals surface area contributed by atoms with E-state index in [2.05, 4.69) is 10.9 Å². The Kier molecular flexibility index (Phi) is 7.78. The number of halogens is 1. The summed E-state index contributed by atoms with van der Waals surface area (Å²) in [5.41, 5.74) is 5.50. The van der Waals surface area contributed by atoms with E-state index in [1.807, 2.05) is 6.92 Å². The Morgan fingerprint density at radius 2 is 2.00 bits per heavy atom. The smallest absolute Gasteiger partial charge is 0.262 e. The van der Waals surface area contributed by atoms with Crippen molar-refractivity contribution in [2.45, 2.75) is 39.0 Å². The van der Waals surface area contributed by atoms with Crippen LogP contribution in [0, 0.1) is 0 Å². The molecular formula is C9H16FN2O2. The van der Waals surface area contributed by atoms with Crippen molar-refractivity contribution in [2.75, 3.05) is 6.67 Å². The molecule has 1 N–H and O–H groups in total. The molecule has 2 amide bonds. The first kappa shape index (κ1) is 12.9. The van der Waals surface area contributed by atoms with E-state index in [0.717, 1.165) is 0 Å². The summed E-state index contributed by atoms with van der Waals surface area (Å²) >= 11 is 0. The lowest BCUT2D eigenvalue weighted by Gasteiger charge is -2.02. The number of alkyl halides is 1. The number of nitrogens with zero attached hydrogens (tertiary/aromatic N) is 1. The van der Waals surface area contributed by atoms with Gasteiger partial charge in [0.15, 0.2) is 0 Å². The molecule has 5 heteroatoms. The van der Waals surface area contributed by atoms with Gasteiger partial charge in [-0.1, -0.05) is 6.92 Å². The van der Waals surface area contributed by atoms with Crippen LogP contribution in [0.15, 0.2) is 0 Å². The van der Waals surface area contributed by atoms with E-state index in [1.54, 1.807) is 0 Å². The fourth-order valence-electron chi connectivity index (χ4n) is 0.830. The number of nitrogens with one attached hydrogen (secondary N) is 1. The van der Waals surface area contributed by atoms with Gasteiger partial charge < -0.3 is 0 Å². The molecule has 0 aliphatic carbocycles. The molecule has 0 aliphatic heterocycles. The van der Waals surface area contributed by atoms with Crippen LogP contribution < -0.4 is 10.9 Å². The summed E-state index contributed by atoms with van der Waals surface area (Å²) in [7, 11) is 0. The highest BCUT2D eigenvalue weighted by Crippen LogP contribution is 1.95. The number of hydrogen-bond acceptors (Lipinski definition) is 2. The van der Waals surface area contributed by atoms with E-state index in [4.69, 9.17) is 0 Å². The van der Waals surface area contributed by atoms with Crippen LogP contribution in [0.4, 0.5) is 4.39 Å². The molecule has 1 radical (unpaired) electrons. The lowest BCUT2D eigenvalue weighted by atomic mass is 10.2. The first-order chi connectivity index (χ1) is 6.70. The molecule has 0 heterocycles. The van der Waals surface area contributed by atoms with Crippen molar-refractivity contribution in [1.82, 2.24) is 10.9 Å². The maximum atomic E-state index is 11.6. The summed E-state index contributed by atoms with van der Waals surface area (Å²) in [6, 6.07) is 0. The molecule has 0 rings (SSSR count). The van der Waals surface area contributed by atoms with Gasteiger partial charge in [-0.15, -0.1) is 5.43 Å². The number of hydrogen-bond donors (Lipinski definition) is 1. The molecule has 0 saturated carbocycles. The SMILES string of the molecule is CCCC(=O)[N]NC(=O)CCCCF. The van der Waals surface area contributed by atoms with Gasteiger partial charge in [-0.25, -0.2) is 5.43 Å². The lowest BCUT2D eigenvalue weighted by Crippen LogP contribution is -2.35. The zero-order valence-electron chi connectivity index (χ0n) is 8.38. The molecule has 0 saturated heterocycles. The maximum Gasteiger partial charge on any atom is 0.262 e. The minimum Gasteiger partial charge on any atom is -0.273 e. The molecule has 0 aromatic heterocycles. The second-order valence-electron chi connectivity index (χ2n) is 2.94. The second kappa shape index (κ2) is 8.47. The van der Waals surface area contributed by atoms with E-state index in [-0.39, 0.29) is 18.2 Å². The Bertz CT molecular complexity index is 186. The van der Waals surface area contributed by atoms with Gasteiger partial charge in [0.2, 0.25) is 5.91 Å². The normalized spacial score (nSPS) is 9.57. The molecule has 0 fully saturated rings. The van der Waals surface area contributed by atoms with E-state index >= 15 is 0 Å². The molecule has 0 bridgehead atoms. The quantitative estimate of drug-likeness (QED) is 0.519. The van der Waals surface area contributed by atoms with Crippen LogP contribution in [0.3, 0.4) is 0 Å². The zero-order chi connectivity index (χ0) is 10.8. The minimum absolute atomic E-state index is 0.215. The van der Waals surface area contributed by atoms with Crippen molar-refractivity contribution in [1.29, 1.82) is 0 Å². The monoisotopic (exact) mass is 203 g/mol. The lowest BCUT2D eigenvalue weighted by molar-refractivity contribution is -0.129. The molecule has 0 unspecified atom stereocenters. The standard InChI is InChI=1S/C9H16FN2O2/c1-2-5-8(13)11-12-9(14)6-3-4-7-10/h2-7H2,1H3,(H,12,14). The molecule has 0 aromatic rings. The molecule has 14 heavy (non-hydrogen) atoms. The number of amides is 2. The van der Waals surface area contributed by atoms with Crippen molar-refractivity contribution in [3.05, 3.63) is 0 Å². The molecule has 81 valence electrons. The van der Waals surface area contributed by atoms with Crippen molar-refractivity contribution >= 4 is 11.8 Å². The Morgan fingerprint density at radius 1 is 1.29 bits per heavy atom. The van der Waals surface area contributed by atoms with Gasteiger partial charge in [0.05, 0.1) is 6.67 Å². The predicted octanol–water partition coefficient (Wildman–Crippen LogP) is 1.09. The third-order valence-corrected chi connectivity index (χ3v) is 1.56. The van der Waals surface area contributed by atoms with Gasteiger partial charge in [0.1, 0.15) is 0 Å². The van der Waals surface area contributed by atoms with E-state index < -0.39 is 6.67 Å². The van der Waals surface area contributed by atoms with Gasteiger partial charge in [0.25, 0.3) is 5.91 Å². The Hall–Kier alpha value is -1.13. The van der Waals surface area contributed by atoms with Crippen LogP contribution in [-0.4, -0.2) is 18.5 Å². The van der Waals surface area contributed by atoms with Gasteiger partial charge in [-0.05, 0) is 19.3 Å². The van der Waals surface area contributed by atoms with Gasteiger partial charge >= 0.3 is 0 Å². The minimum atomic E-state index is -0.417. The molecule has 0 aromatic carbocycles. The maximum absolute atomic E-state index is 11.6. The summed E-state index contributed by atoms with van der Waals surface area (Å²) in [5.74, 6) is -0.658. The number of carbonyl (C=O) groups is 2. The van der Waals surface area contributed by atoms with Gasteiger partial charge in [0, 0.05) is 12.8 Å². The van der Waals surface area contributed by atoms with Crippen LogP contribution >= 0.6 is 0 Å². The van der Waals surface area contributed by atoms with Crippen molar-refractivity contribution in [3.63, 3.8) is 0 Å². The summed E-state index contributed by atoms with van der Waals surface area (Å²) in [5, 5.41) is 0. The van der Waals surface area contributed by atoms with E-state index in [1.165, 1.54) is 0 Å². The number of carbonyl (C=O) groups excluding carboxylic acids is 2. The van der Waals surface area contributed by atoms with Gasteiger partial charge in [-0.3, -0.25) is 14.0 Å². The Balaban J connectivity index is 3.39. The molecular weight excluding hydrogens is 187 g/mol. The van der Waals surface area contributed by atoms with Crippen LogP contribution in [0.2, 0.25) is 0 Å². The fourth-order valence-corrected chi connectivity index (χ4v) is 0.830. The van der Waals surface area contributed by atoms with Crippen LogP contribution in [0.5, 0.6) is 0 Å². The highest BCUT2D eigenvalue weighted by molar-refractivity contribution is 5.81. The molecule has 4 nitrogen and oxygen atoms in total. The fraction of sp³-hybridized carbons (Fsp3) is 0.778. The predicted molar refractivity (Wildman–Crippen MR) is 50.0 cm³/mol. The number of rotatable bonds is 6. The first-order valence-corrected chi connectivity index (χ1v) is 4.79.